The monoisotopic (exact) mass is 412 g/mol. The zero-order chi connectivity index (χ0) is 20.4. The topological polar surface area (TPSA) is 84.7 Å². The average Bonchev–Trinajstić information content (AvgIpc) is 3.33. The van der Waals surface area contributed by atoms with Crippen LogP contribution < -0.4 is 10.1 Å². The molecular formula is C18H23F3N6O2. The quantitative estimate of drug-likeness (QED) is 0.835. The van der Waals surface area contributed by atoms with Crippen molar-refractivity contribution >= 4 is 11.7 Å². The van der Waals surface area contributed by atoms with Crippen LogP contribution in [0.1, 0.15) is 44.3 Å². The van der Waals surface area contributed by atoms with Crippen LogP contribution in [0.25, 0.3) is 5.65 Å². The van der Waals surface area contributed by atoms with Gasteiger partial charge in [0.2, 0.25) is 5.88 Å². The number of alkyl halides is 3. The van der Waals surface area contributed by atoms with Gasteiger partial charge in [0.15, 0.2) is 5.65 Å². The van der Waals surface area contributed by atoms with Gasteiger partial charge in [0, 0.05) is 31.1 Å². The predicted molar refractivity (Wildman–Crippen MR) is 96.4 cm³/mol. The lowest BCUT2D eigenvalue weighted by molar-refractivity contribution is -0.146. The van der Waals surface area contributed by atoms with Crippen LogP contribution in [-0.2, 0) is 6.18 Å². The summed E-state index contributed by atoms with van der Waals surface area (Å²) in [6.07, 6.45) is 1.73. The van der Waals surface area contributed by atoms with Gasteiger partial charge in [-0.15, -0.1) is 15.3 Å². The van der Waals surface area contributed by atoms with E-state index in [1.54, 1.807) is 4.90 Å². The summed E-state index contributed by atoms with van der Waals surface area (Å²) >= 11 is 0. The molecule has 2 fully saturated rings. The normalized spacial score (nSPS) is 20.9. The molecule has 1 unspecified atom stereocenters. The number of halogens is 3. The SMILES string of the molecule is O=C(NC1CCCCC1)N1CCC(COc2ccc3nnc(C(F)(F)F)n3n2)C1. The molecular weight excluding hydrogens is 389 g/mol. The first-order chi connectivity index (χ1) is 13.9. The maximum atomic E-state index is 13.0. The summed E-state index contributed by atoms with van der Waals surface area (Å²) in [6, 6.07) is 3.06. The molecule has 1 aliphatic carbocycles. The van der Waals surface area contributed by atoms with Crippen LogP contribution in [0.4, 0.5) is 18.0 Å². The van der Waals surface area contributed by atoms with E-state index < -0.39 is 12.0 Å². The van der Waals surface area contributed by atoms with Gasteiger partial charge >= 0.3 is 12.2 Å². The molecule has 2 aromatic heterocycles. The van der Waals surface area contributed by atoms with Gasteiger partial charge < -0.3 is 15.0 Å². The van der Waals surface area contributed by atoms with Crippen LogP contribution in [0.5, 0.6) is 5.88 Å². The minimum absolute atomic E-state index is 0.00361. The van der Waals surface area contributed by atoms with Crippen molar-refractivity contribution in [3.05, 3.63) is 18.0 Å². The molecule has 0 radical (unpaired) electrons. The second-order valence-corrected chi connectivity index (χ2v) is 7.66. The van der Waals surface area contributed by atoms with E-state index in [-0.39, 0.29) is 36.1 Å². The maximum absolute atomic E-state index is 13.0. The number of urea groups is 1. The minimum Gasteiger partial charge on any atom is -0.476 e. The first kappa shape index (κ1) is 19.7. The smallest absolute Gasteiger partial charge is 0.453 e. The van der Waals surface area contributed by atoms with Crippen molar-refractivity contribution in [1.29, 1.82) is 0 Å². The lowest BCUT2D eigenvalue weighted by atomic mass is 9.96. The Balaban J connectivity index is 1.31. The Morgan fingerprint density at radius 3 is 2.72 bits per heavy atom. The molecule has 1 saturated carbocycles. The van der Waals surface area contributed by atoms with Crippen molar-refractivity contribution in [3.8, 4) is 5.88 Å². The highest BCUT2D eigenvalue weighted by Crippen LogP contribution is 2.28. The molecule has 1 saturated heterocycles. The Morgan fingerprint density at radius 2 is 1.97 bits per heavy atom. The van der Waals surface area contributed by atoms with Gasteiger partial charge in [0.25, 0.3) is 5.82 Å². The molecule has 158 valence electrons. The fraction of sp³-hybridized carbons (Fsp3) is 0.667. The Bertz CT molecular complexity index is 865. The van der Waals surface area contributed by atoms with Gasteiger partial charge in [0.05, 0.1) is 6.61 Å². The highest BCUT2D eigenvalue weighted by atomic mass is 19.4. The number of amides is 2. The molecule has 2 aromatic rings. The van der Waals surface area contributed by atoms with Gasteiger partial charge in [-0.3, -0.25) is 0 Å². The molecule has 0 spiro atoms. The zero-order valence-electron chi connectivity index (χ0n) is 15.9. The number of likely N-dealkylation sites (tertiary alicyclic amines) is 1. The van der Waals surface area contributed by atoms with Crippen molar-refractivity contribution in [3.63, 3.8) is 0 Å². The molecule has 1 N–H and O–H groups in total. The molecule has 3 heterocycles. The van der Waals surface area contributed by atoms with Gasteiger partial charge in [-0.1, -0.05) is 19.3 Å². The van der Waals surface area contributed by atoms with Gasteiger partial charge in [0.1, 0.15) is 0 Å². The minimum atomic E-state index is -4.65. The summed E-state index contributed by atoms with van der Waals surface area (Å²) in [5.74, 6) is -1.02. The Labute approximate surface area is 165 Å². The van der Waals surface area contributed by atoms with E-state index in [2.05, 4.69) is 20.6 Å². The maximum Gasteiger partial charge on any atom is 0.453 e. The number of hydrogen-bond donors (Lipinski definition) is 1. The molecule has 0 aromatic carbocycles. The number of carbonyl (C=O) groups excluding carboxylic acids is 1. The van der Waals surface area contributed by atoms with E-state index in [9.17, 15) is 18.0 Å². The summed E-state index contributed by atoms with van der Waals surface area (Å²) in [4.78, 5) is 14.2. The number of fused-ring (bicyclic) bond motifs is 1. The molecule has 1 aliphatic heterocycles. The molecule has 2 amide bonds. The second kappa shape index (κ2) is 8.03. The summed E-state index contributed by atoms with van der Waals surface area (Å²) < 4.78 is 45.1. The summed E-state index contributed by atoms with van der Waals surface area (Å²) in [6.45, 7) is 1.47. The van der Waals surface area contributed by atoms with E-state index >= 15 is 0 Å². The number of rotatable bonds is 4. The van der Waals surface area contributed by atoms with Crippen molar-refractivity contribution in [2.45, 2.75) is 50.7 Å². The highest BCUT2D eigenvalue weighted by molar-refractivity contribution is 5.74. The Morgan fingerprint density at radius 1 is 1.17 bits per heavy atom. The zero-order valence-corrected chi connectivity index (χ0v) is 15.9. The second-order valence-electron chi connectivity index (χ2n) is 7.66. The number of ether oxygens (including phenoxy) is 1. The lowest BCUT2D eigenvalue weighted by Gasteiger charge is -2.26. The van der Waals surface area contributed by atoms with E-state index in [4.69, 9.17) is 4.74 Å². The van der Waals surface area contributed by atoms with E-state index in [0.717, 1.165) is 32.1 Å². The third-order valence-electron chi connectivity index (χ3n) is 5.46. The fourth-order valence-electron chi connectivity index (χ4n) is 3.90. The first-order valence-corrected chi connectivity index (χ1v) is 9.88. The van der Waals surface area contributed by atoms with Crippen LogP contribution in [0.2, 0.25) is 0 Å². The third kappa shape index (κ3) is 4.54. The summed E-state index contributed by atoms with van der Waals surface area (Å²) in [5.41, 5.74) is -0.00361. The Kier molecular flexibility index (Phi) is 5.46. The van der Waals surface area contributed by atoms with Crippen LogP contribution in [0, 0.1) is 5.92 Å². The first-order valence-electron chi connectivity index (χ1n) is 9.88. The molecule has 4 rings (SSSR count). The van der Waals surface area contributed by atoms with Crippen molar-refractivity contribution in [2.24, 2.45) is 5.92 Å². The van der Waals surface area contributed by atoms with Crippen LogP contribution >= 0.6 is 0 Å². The number of hydrogen-bond acceptors (Lipinski definition) is 5. The fourth-order valence-corrected chi connectivity index (χ4v) is 3.90. The number of carbonyl (C=O) groups is 1. The third-order valence-corrected chi connectivity index (χ3v) is 5.46. The van der Waals surface area contributed by atoms with Gasteiger partial charge in [-0.2, -0.15) is 17.7 Å². The predicted octanol–water partition coefficient (Wildman–Crippen LogP) is 2.89. The summed E-state index contributed by atoms with van der Waals surface area (Å²) in [5, 5.41) is 13.6. The van der Waals surface area contributed by atoms with Crippen LogP contribution in [0.15, 0.2) is 12.1 Å². The van der Waals surface area contributed by atoms with E-state index in [0.29, 0.717) is 17.6 Å². The molecule has 11 heteroatoms. The number of nitrogens with one attached hydrogen (secondary N) is 1. The van der Waals surface area contributed by atoms with Gasteiger partial charge in [-0.05, 0) is 25.3 Å². The van der Waals surface area contributed by atoms with Crippen LogP contribution in [0.3, 0.4) is 0 Å². The van der Waals surface area contributed by atoms with Gasteiger partial charge in [-0.25, -0.2) is 4.79 Å². The van der Waals surface area contributed by atoms with Crippen molar-refractivity contribution in [1.82, 2.24) is 30.0 Å². The van der Waals surface area contributed by atoms with E-state index in [1.165, 1.54) is 18.6 Å². The molecule has 8 nitrogen and oxygen atoms in total. The summed E-state index contributed by atoms with van der Waals surface area (Å²) in [7, 11) is 0. The average molecular weight is 412 g/mol. The Hall–Kier alpha value is -2.59. The van der Waals surface area contributed by atoms with E-state index in [1.807, 2.05) is 0 Å². The highest BCUT2D eigenvalue weighted by Gasteiger charge is 2.37. The number of aromatic nitrogens is 4. The largest absolute Gasteiger partial charge is 0.476 e. The standard InChI is InChI=1S/C18H23F3N6O2/c19-18(20,21)16-24-23-14-6-7-15(25-27(14)16)29-11-12-8-9-26(10-12)17(28)22-13-4-2-1-3-5-13/h6-7,12-13H,1-5,8-11H2,(H,22,28). The van der Waals surface area contributed by atoms with Crippen molar-refractivity contribution < 1.29 is 22.7 Å². The number of nitrogens with zero attached hydrogens (tertiary/aromatic N) is 5. The lowest BCUT2D eigenvalue weighted by Crippen LogP contribution is -2.44. The van der Waals surface area contributed by atoms with Crippen LogP contribution in [-0.4, -0.2) is 56.5 Å². The molecule has 29 heavy (non-hydrogen) atoms. The van der Waals surface area contributed by atoms with Crippen molar-refractivity contribution in [2.75, 3.05) is 19.7 Å². The molecule has 1 atom stereocenters. The molecule has 2 aliphatic rings. The molecule has 0 bridgehead atoms.